The van der Waals surface area contributed by atoms with E-state index in [1.807, 2.05) is 60.7 Å². The zero-order valence-corrected chi connectivity index (χ0v) is 27.0. The van der Waals surface area contributed by atoms with Crippen LogP contribution in [0.2, 0.25) is 0 Å². The molecular weight excluding hydrogens is 597 g/mol. The molecule has 0 radical (unpaired) electrons. The van der Waals surface area contributed by atoms with E-state index >= 15 is 0 Å². The summed E-state index contributed by atoms with van der Waals surface area (Å²) in [6, 6.07) is 59.6. The van der Waals surface area contributed by atoms with Crippen LogP contribution in [-0.4, -0.2) is 10.2 Å². The first-order valence-corrected chi connectivity index (χ1v) is 16.9. The maximum Gasteiger partial charge on any atom is 0.119 e. The van der Waals surface area contributed by atoms with Gasteiger partial charge in [0.2, 0.25) is 0 Å². The molecule has 0 aliphatic heterocycles. The molecule has 0 saturated carbocycles. The van der Waals surface area contributed by atoms with Crippen molar-refractivity contribution in [2.45, 2.75) is 18.3 Å². The summed E-state index contributed by atoms with van der Waals surface area (Å²) in [4.78, 5) is 0. The smallest absolute Gasteiger partial charge is 0.119 e. The van der Waals surface area contributed by atoms with Gasteiger partial charge in [0, 0.05) is 24.0 Å². The number of phenolic OH excluding ortho intramolecular Hbond substituents is 2. The molecule has 9 rings (SSSR count). The molecule has 2 heteroatoms. The molecule has 0 unspecified atom stereocenters. The van der Waals surface area contributed by atoms with E-state index in [9.17, 15) is 10.2 Å². The van der Waals surface area contributed by atoms with Gasteiger partial charge < -0.3 is 10.2 Å². The van der Waals surface area contributed by atoms with Gasteiger partial charge in [-0.25, -0.2) is 0 Å². The third kappa shape index (κ3) is 4.63. The fourth-order valence-electron chi connectivity index (χ4n) is 8.23. The lowest BCUT2D eigenvalue weighted by Crippen LogP contribution is -2.28. The number of benzene rings is 8. The molecule has 0 aromatic heterocycles. The number of phenols is 2. The number of aromatic hydroxyl groups is 2. The molecule has 234 valence electrons. The second-order valence-electron chi connectivity index (χ2n) is 13.2. The summed E-state index contributed by atoms with van der Waals surface area (Å²) in [6.45, 7) is 0. The average molecular weight is 631 g/mol. The van der Waals surface area contributed by atoms with E-state index in [0.29, 0.717) is 24.3 Å². The Labute approximate surface area is 286 Å². The van der Waals surface area contributed by atoms with Crippen molar-refractivity contribution in [2.24, 2.45) is 0 Å². The minimum absolute atomic E-state index is 0.319. The molecule has 0 bridgehead atoms. The van der Waals surface area contributed by atoms with E-state index in [1.165, 1.54) is 44.5 Å². The van der Waals surface area contributed by atoms with Crippen LogP contribution in [-0.2, 0) is 18.3 Å². The Morgan fingerprint density at radius 3 is 1.24 bits per heavy atom. The third-order valence-corrected chi connectivity index (χ3v) is 10.5. The van der Waals surface area contributed by atoms with Crippen molar-refractivity contribution in [1.29, 1.82) is 0 Å². The fourth-order valence-corrected chi connectivity index (χ4v) is 8.23. The van der Waals surface area contributed by atoms with Crippen LogP contribution in [0.3, 0.4) is 0 Å². The van der Waals surface area contributed by atoms with E-state index in [2.05, 4.69) is 109 Å². The van der Waals surface area contributed by atoms with Crippen LogP contribution in [0.5, 0.6) is 11.5 Å². The van der Waals surface area contributed by atoms with E-state index in [1.54, 1.807) is 0 Å². The van der Waals surface area contributed by atoms with Crippen molar-refractivity contribution in [2.75, 3.05) is 0 Å². The molecule has 0 saturated heterocycles. The van der Waals surface area contributed by atoms with E-state index in [-0.39, 0.29) is 0 Å². The molecular formula is C47H34O2. The lowest BCUT2D eigenvalue weighted by Gasteiger charge is -2.34. The van der Waals surface area contributed by atoms with Crippen molar-refractivity contribution >= 4 is 21.5 Å². The molecule has 0 heterocycles. The van der Waals surface area contributed by atoms with Crippen molar-refractivity contribution in [3.8, 4) is 22.6 Å². The van der Waals surface area contributed by atoms with Crippen LogP contribution in [0.25, 0.3) is 32.7 Å². The van der Waals surface area contributed by atoms with Crippen LogP contribution >= 0.6 is 0 Å². The van der Waals surface area contributed by atoms with Gasteiger partial charge in [-0.2, -0.15) is 0 Å². The standard InChI is InChI=1S/C47H34O2/c48-45-25-19-33-29-35(21-23-37(33)41(45)27-31-11-3-1-4-12-31)47(43-17-9-7-15-39(43)40-16-8-10-18-44(40)47)36-22-24-38-34(30-36)20-26-46(49)42(38)28-32-13-5-2-6-14-32/h1-26,29-30,48-49H,27-28H2. The van der Waals surface area contributed by atoms with E-state index < -0.39 is 5.41 Å². The van der Waals surface area contributed by atoms with Gasteiger partial charge in [0.1, 0.15) is 11.5 Å². The SMILES string of the molecule is Oc1ccc2cc(C3(c4ccc5c(Cc6ccccc6)c(O)ccc5c4)c4ccccc4-c4ccccc43)ccc2c1Cc1ccccc1. The van der Waals surface area contributed by atoms with Crippen molar-refractivity contribution in [3.05, 3.63) is 214 Å². The Kier molecular flexibility index (Phi) is 6.84. The first-order chi connectivity index (χ1) is 24.1. The van der Waals surface area contributed by atoms with E-state index in [0.717, 1.165) is 32.7 Å². The summed E-state index contributed by atoms with van der Waals surface area (Å²) in [5, 5.41) is 26.4. The van der Waals surface area contributed by atoms with Gasteiger partial charge in [0.05, 0.1) is 5.41 Å². The van der Waals surface area contributed by atoms with Gasteiger partial charge in [0.15, 0.2) is 0 Å². The van der Waals surface area contributed by atoms with Crippen LogP contribution in [0.4, 0.5) is 0 Å². The molecule has 0 spiro atoms. The summed E-state index contributed by atoms with van der Waals surface area (Å²) in [5.41, 5.74) is 11.0. The van der Waals surface area contributed by atoms with Gasteiger partial charge in [-0.1, -0.05) is 146 Å². The second kappa shape index (κ2) is 11.5. The zero-order valence-electron chi connectivity index (χ0n) is 27.0. The summed E-state index contributed by atoms with van der Waals surface area (Å²) in [7, 11) is 0. The number of fused-ring (bicyclic) bond motifs is 5. The number of rotatable bonds is 6. The Morgan fingerprint density at radius 1 is 0.388 bits per heavy atom. The largest absolute Gasteiger partial charge is 0.508 e. The maximum absolute atomic E-state index is 11.1. The van der Waals surface area contributed by atoms with Gasteiger partial charge in [0.25, 0.3) is 0 Å². The highest BCUT2D eigenvalue weighted by Gasteiger charge is 2.46. The number of hydrogen-bond acceptors (Lipinski definition) is 2. The average Bonchev–Trinajstić information content (AvgIpc) is 3.46. The Morgan fingerprint density at radius 2 is 0.796 bits per heavy atom. The number of hydrogen-bond donors (Lipinski definition) is 2. The normalized spacial score (nSPS) is 13.0. The van der Waals surface area contributed by atoms with Crippen LogP contribution in [0.1, 0.15) is 44.5 Å². The summed E-state index contributed by atoms with van der Waals surface area (Å²) in [5.74, 6) is 0.638. The Bertz CT molecular complexity index is 2340. The molecule has 49 heavy (non-hydrogen) atoms. The first-order valence-electron chi connectivity index (χ1n) is 16.9. The summed E-state index contributed by atoms with van der Waals surface area (Å²) in [6.07, 6.45) is 1.31. The molecule has 1 aliphatic carbocycles. The van der Waals surface area contributed by atoms with Crippen LogP contribution in [0, 0.1) is 0 Å². The second-order valence-corrected chi connectivity index (χ2v) is 13.2. The monoisotopic (exact) mass is 630 g/mol. The quantitative estimate of drug-likeness (QED) is 0.192. The summed E-state index contributed by atoms with van der Waals surface area (Å²) >= 11 is 0. The van der Waals surface area contributed by atoms with Crippen molar-refractivity contribution < 1.29 is 10.2 Å². The molecule has 2 N–H and O–H groups in total. The maximum atomic E-state index is 11.1. The first kappa shape index (κ1) is 29.1. The molecule has 2 nitrogen and oxygen atoms in total. The Hall–Kier alpha value is -6.12. The highest BCUT2D eigenvalue weighted by atomic mass is 16.3. The van der Waals surface area contributed by atoms with Crippen molar-refractivity contribution in [1.82, 2.24) is 0 Å². The zero-order chi connectivity index (χ0) is 33.0. The molecule has 1 aliphatic rings. The van der Waals surface area contributed by atoms with Crippen LogP contribution in [0.15, 0.2) is 170 Å². The van der Waals surface area contributed by atoms with Gasteiger partial charge in [-0.3, -0.25) is 0 Å². The molecule has 8 aromatic rings. The lowest BCUT2D eigenvalue weighted by molar-refractivity contribution is 0.470. The highest BCUT2D eigenvalue weighted by molar-refractivity contribution is 5.94. The lowest BCUT2D eigenvalue weighted by atomic mass is 9.67. The van der Waals surface area contributed by atoms with Crippen LogP contribution < -0.4 is 0 Å². The molecule has 0 fully saturated rings. The molecule has 0 atom stereocenters. The molecule has 8 aromatic carbocycles. The van der Waals surface area contributed by atoms with Gasteiger partial charge in [-0.05, 0) is 90.3 Å². The molecule has 0 amide bonds. The fraction of sp³-hybridized carbons (Fsp3) is 0.0638. The van der Waals surface area contributed by atoms with E-state index in [4.69, 9.17) is 0 Å². The highest BCUT2D eigenvalue weighted by Crippen LogP contribution is 2.56. The van der Waals surface area contributed by atoms with Gasteiger partial charge in [-0.15, -0.1) is 0 Å². The summed E-state index contributed by atoms with van der Waals surface area (Å²) < 4.78 is 0. The van der Waals surface area contributed by atoms with Crippen molar-refractivity contribution in [3.63, 3.8) is 0 Å². The predicted octanol–water partition coefficient (Wildman–Crippen LogP) is 10.9. The Balaban J connectivity index is 1.28. The van der Waals surface area contributed by atoms with Gasteiger partial charge >= 0.3 is 0 Å². The minimum Gasteiger partial charge on any atom is -0.508 e. The predicted molar refractivity (Wildman–Crippen MR) is 201 cm³/mol. The minimum atomic E-state index is -0.579. The topological polar surface area (TPSA) is 40.5 Å². The third-order valence-electron chi connectivity index (χ3n) is 10.5.